The Morgan fingerprint density at radius 1 is 1.33 bits per heavy atom. The van der Waals surface area contributed by atoms with E-state index in [-0.39, 0.29) is 11.2 Å². The van der Waals surface area contributed by atoms with Gasteiger partial charge in [0.05, 0.1) is 23.9 Å². The van der Waals surface area contributed by atoms with Gasteiger partial charge in [0, 0.05) is 5.41 Å². The van der Waals surface area contributed by atoms with Crippen LogP contribution in [0.4, 0.5) is 0 Å². The van der Waals surface area contributed by atoms with Crippen LogP contribution in [0.3, 0.4) is 0 Å². The van der Waals surface area contributed by atoms with Crippen molar-refractivity contribution in [1.82, 2.24) is 0 Å². The molecule has 1 fully saturated rings. The van der Waals surface area contributed by atoms with Gasteiger partial charge in [0.1, 0.15) is 11.5 Å². The zero-order chi connectivity index (χ0) is 15.5. The Kier molecular flexibility index (Phi) is 5.16. The van der Waals surface area contributed by atoms with Gasteiger partial charge in [-0.05, 0) is 47.0 Å². The Morgan fingerprint density at radius 3 is 2.52 bits per heavy atom. The molecule has 1 aliphatic carbocycles. The third-order valence-electron chi connectivity index (χ3n) is 3.84. The topological polar surface area (TPSA) is 78.6 Å². The molecule has 1 aliphatic rings. The molecule has 2 rings (SSSR count). The summed E-state index contributed by atoms with van der Waals surface area (Å²) in [6.45, 7) is 0.356. The normalized spacial score (nSPS) is 17.7. The summed E-state index contributed by atoms with van der Waals surface area (Å²) in [7, 11) is -1.90. The maximum Gasteiger partial charge on any atom is 0.209 e. The third-order valence-corrected chi connectivity index (χ3v) is 5.48. The Labute approximate surface area is 134 Å². The Balaban J connectivity index is 2.09. The number of halogens is 1. The first kappa shape index (κ1) is 16.6. The summed E-state index contributed by atoms with van der Waals surface area (Å²) in [5.74, 6) is 1.39. The lowest BCUT2D eigenvalue weighted by molar-refractivity contribution is 0.169. The number of primary sulfonamides is 1. The first-order valence-corrected chi connectivity index (χ1v) is 9.31. The molecule has 0 saturated heterocycles. The molecule has 0 heterocycles. The van der Waals surface area contributed by atoms with Crippen molar-refractivity contribution in [2.24, 2.45) is 10.6 Å². The van der Waals surface area contributed by atoms with Gasteiger partial charge in [-0.25, -0.2) is 13.6 Å². The first-order chi connectivity index (χ1) is 9.84. The van der Waals surface area contributed by atoms with Crippen LogP contribution in [0.25, 0.3) is 0 Å². The fraction of sp³-hybridized carbons (Fsp3) is 0.571. The second-order valence-corrected chi connectivity index (χ2v) is 8.07. The molecule has 2 N–H and O–H groups in total. The minimum Gasteiger partial charge on any atom is -0.497 e. The molecule has 7 heteroatoms. The SMILES string of the molecule is COc1ccc(OCC2(CS(N)(=O)=O)CCCC2)c(Br)c1. The lowest BCUT2D eigenvalue weighted by Crippen LogP contribution is -2.36. The molecular formula is C14H20BrNO4S. The highest BCUT2D eigenvalue weighted by atomic mass is 79.9. The summed E-state index contributed by atoms with van der Waals surface area (Å²) in [4.78, 5) is 0. The number of hydrogen-bond acceptors (Lipinski definition) is 4. The molecular weight excluding hydrogens is 358 g/mol. The molecule has 0 radical (unpaired) electrons. The van der Waals surface area contributed by atoms with Gasteiger partial charge in [-0.3, -0.25) is 0 Å². The maximum atomic E-state index is 11.5. The van der Waals surface area contributed by atoms with Crippen molar-refractivity contribution in [3.8, 4) is 11.5 Å². The van der Waals surface area contributed by atoms with Crippen molar-refractivity contribution >= 4 is 26.0 Å². The average molecular weight is 378 g/mol. The van der Waals surface area contributed by atoms with Crippen molar-refractivity contribution in [1.29, 1.82) is 0 Å². The molecule has 0 amide bonds. The van der Waals surface area contributed by atoms with Gasteiger partial charge in [0.15, 0.2) is 0 Å². The summed E-state index contributed by atoms with van der Waals surface area (Å²) < 4.78 is 34.7. The zero-order valence-corrected chi connectivity index (χ0v) is 14.4. The summed E-state index contributed by atoms with van der Waals surface area (Å²) in [5, 5.41) is 5.23. The van der Waals surface area contributed by atoms with E-state index in [9.17, 15) is 8.42 Å². The van der Waals surface area contributed by atoms with Crippen molar-refractivity contribution < 1.29 is 17.9 Å². The number of benzene rings is 1. The number of hydrogen-bond donors (Lipinski definition) is 1. The highest BCUT2D eigenvalue weighted by Crippen LogP contribution is 2.40. The Bertz CT molecular complexity index is 597. The number of rotatable bonds is 6. The van der Waals surface area contributed by atoms with E-state index in [2.05, 4.69) is 15.9 Å². The van der Waals surface area contributed by atoms with Gasteiger partial charge >= 0.3 is 0 Å². The van der Waals surface area contributed by atoms with Crippen LogP contribution in [-0.2, 0) is 10.0 Å². The smallest absolute Gasteiger partial charge is 0.209 e. The molecule has 0 spiro atoms. The predicted octanol–water partition coefficient (Wildman–Crippen LogP) is 2.69. The Morgan fingerprint density at radius 2 is 2.00 bits per heavy atom. The largest absolute Gasteiger partial charge is 0.497 e. The number of nitrogens with two attached hydrogens (primary N) is 1. The fourth-order valence-corrected chi connectivity index (χ4v) is 4.54. The molecule has 0 unspecified atom stereocenters. The highest BCUT2D eigenvalue weighted by Gasteiger charge is 2.38. The molecule has 0 bridgehead atoms. The van der Waals surface area contributed by atoms with E-state index < -0.39 is 10.0 Å². The van der Waals surface area contributed by atoms with Crippen LogP contribution in [0, 0.1) is 5.41 Å². The van der Waals surface area contributed by atoms with Crippen LogP contribution in [0.1, 0.15) is 25.7 Å². The Hall–Kier alpha value is -0.790. The summed E-state index contributed by atoms with van der Waals surface area (Å²) in [6.07, 6.45) is 3.69. The second kappa shape index (κ2) is 6.54. The van der Waals surface area contributed by atoms with Crippen LogP contribution >= 0.6 is 15.9 Å². The quantitative estimate of drug-likeness (QED) is 0.826. The molecule has 0 aromatic heterocycles. The number of sulfonamides is 1. The van der Waals surface area contributed by atoms with Crippen molar-refractivity contribution in [2.45, 2.75) is 25.7 Å². The van der Waals surface area contributed by atoms with E-state index in [4.69, 9.17) is 14.6 Å². The maximum absolute atomic E-state index is 11.5. The molecule has 0 aliphatic heterocycles. The first-order valence-electron chi connectivity index (χ1n) is 6.80. The van der Waals surface area contributed by atoms with E-state index in [1.54, 1.807) is 13.2 Å². The summed E-state index contributed by atoms with van der Waals surface area (Å²) in [5.41, 5.74) is -0.368. The minimum absolute atomic E-state index is 0.0201. The van der Waals surface area contributed by atoms with Gasteiger partial charge < -0.3 is 9.47 Å². The van der Waals surface area contributed by atoms with Crippen LogP contribution in [-0.4, -0.2) is 27.9 Å². The minimum atomic E-state index is -3.50. The van der Waals surface area contributed by atoms with E-state index in [1.165, 1.54) is 0 Å². The zero-order valence-electron chi connectivity index (χ0n) is 12.0. The third kappa shape index (κ3) is 4.59. The average Bonchev–Trinajstić information content (AvgIpc) is 2.83. The predicted molar refractivity (Wildman–Crippen MR) is 85.1 cm³/mol. The molecule has 21 heavy (non-hydrogen) atoms. The van der Waals surface area contributed by atoms with E-state index in [0.717, 1.165) is 35.9 Å². The molecule has 1 aromatic rings. The van der Waals surface area contributed by atoms with Gasteiger partial charge in [-0.15, -0.1) is 0 Å². The van der Waals surface area contributed by atoms with Crippen molar-refractivity contribution in [2.75, 3.05) is 19.5 Å². The van der Waals surface area contributed by atoms with Crippen LogP contribution in [0.5, 0.6) is 11.5 Å². The monoisotopic (exact) mass is 377 g/mol. The second-order valence-electron chi connectivity index (χ2n) is 5.60. The lowest BCUT2D eigenvalue weighted by Gasteiger charge is -2.28. The molecule has 0 atom stereocenters. The molecule has 1 saturated carbocycles. The lowest BCUT2D eigenvalue weighted by atomic mass is 9.90. The van der Waals surface area contributed by atoms with Crippen LogP contribution < -0.4 is 14.6 Å². The fourth-order valence-electron chi connectivity index (χ4n) is 2.84. The standard InChI is InChI=1S/C14H20BrNO4S/c1-19-11-4-5-13(12(15)8-11)20-9-14(6-2-3-7-14)10-21(16,17)18/h4-5,8H,2-3,6-7,9-10H2,1H3,(H2,16,17,18). The summed E-state index contributed by atoms with van der Waals surface area (Å²) >= 11 is 3.43. The van der Waals surface area contributed by atoms with Gasteiger partial charge in [0.2, 0.25) is 10.0 Å². The molecule has 1 aromatic carbocycles. The number of ether oxygens (including phenoxy) is 2. The van der Waals surface area contributed by atoms with Crippen molar-refractivity contribution in [3.05, 3.63) is 22.7 Å². The molecule has 118 valence electrons. The van der Waals surface area contributed by atoms with Crippen LogP contribution in [0.15, 0.2) is 22.7 Å². The van der Waals surface area contributed by atoms with Gasteiger partial charge in [-0.1, -0.05) is 12.8 Å². The van der Waals surface area contributed by atoms with Crippen molar-refractivity contribution in [3.63, 3.8) is 0 Å². The van der Waals surface area contributed by atoms with Gasteiger partial charge in [0.25, 0.3) is 0 Å². The summed E-state index contributed by atoms with van der Waals surface area (Å²) in [6, 6.07) is 5.43. The highest BCUT2D eigenvalue weighted by molar-refractivity contribution is 9.10. The van der Waals surface area contributed by atoms with E-state index >= 15 is 0 Å². The van der Waals surface area contributed by atoms with Crippen LogP contribution in [0.2, 0.25) is 0 Å². The molecule has 5 nitrogen and oxygen atoms in total. The number of methoxy groups -OCH3 is 1. The van der Waals surface area contributed by atoms with Gasteiger partial charge in [-0.2, -0.15) is 0 Å². The van der Waals surface area contributed by atoms with E-state index in [1.807, 2.05) is 12.1 Å². The van der Waals surface area contributed by atoms with E-state index in [0.29, 0.717) is 12.4 Å².